The van der Waals surface area contributed by atoms with E-state index in [0.29, 0.717) is 31.7 Å². The summed E-state index contributed by atoms with van der Waals surface area (Å²) in [6.07, 6.45) is 5.50. The fourth-order valence-electron chi connectivity index (χ4n) is 4.03. The van der Waals surface area contributed by atoms with Crippen LogP contribution in [0.1, 0.15) is 29.9 Å². The fraction of sp³-hybridized carbons (Fsp3) is 0.556. The smallest absolute Gasteiger partial charge is 0.233 e. The van der Waals surface area contributed by atoms with Gasteiger partial charge in [0.1, 0.15) is 5.76 Å². The highest BCUT2D eigenvalue weighted by atomic mass is 16.5. The highest BCUT2D eigenvalue weighted by molar-refractivity contribution is 6.06. The molecular weight excluding hydrogens is 322 g/mol. The van der Waals surface area contributed by atoms with Crippen LogP contribution in [0.3, 0.4) is 0 Å². The number of carbonyl (C=O) groups is 3. The molecule has 0 spiro atoms. The van der Waals surface area contributed by atoms with Crippen molar-refractivity contribution in [3.8, 4) is 0 Å². The highest BCUT2D eigenvalue weighted by Crippen LogP contribution is 2.37. The minimum atomic E-state index is -0.204. The maximum absolute atomic E-state index is 12.6. The number of fused-ring (bicyclic) bond motifs is 1. The molecule has 1 aliphatic carbocycles. The lowest BCUT2D eigenvalue weighted by atomic mass is 9.85. The van der Waals surface area contributed by atoms with E-state index in [1.165, 1.54) is 4.90 Å². The van der Waals surface area contributed by atoms with Gasteiger partial charge in [-0.2, -0.15) is 0 Å². The lowest BCUT2D eigenvalue weighted by Crippen LogP contribution is -2.62. The van der Waals surface area contributed by atoms with Gasteiger partial charge in [-0.25, -0.2) is 0 Å². The van der Waals surface area contributed by atoms with Crippen LogP contribution in [0.25, 0.3) is 0 Å². The molecule has 0 N–H and O–H groups in total. The zero-order chi connectivity index (χ0) is 17.7. The number of allylic oxidation sites excluding steroid dienone is 2. The summed E-state index contributed by atoms with van der Waals surface area (Å²) >= 11 is 0. The summed E-state index contributed by atoms with van der Waals surface area (Å²) < 4.78 is 5.09. The largest absolute Gasteiger partial charge is 0.361 e. The number of aryl methyl sites for hydroxylation is 2. The molecule has 3 aliphatic rings. The zero-order valence-electron chi connectivity index (χ0n) is 14.4. The second-order valence-electron chi connectivity index (χ2n) is 7.13. The average molecular weight is 343 g/mol. The van der Waals surface area contributed by atoms with Crippen molar-refractivity contribution in [3.63, 3.8) is 0 Å². The van der Waals surface area contributed by atoms with Gasteiger partial charge in [-0.15, -0.1) is 0 Å². The molecule has 25 heavy (non-hydrogen) atoms. The van der Waals surface area contributed by atoms with Crippen LogP contribution in [0.4, 0.5) is 0 Å². The number of hydrogen-bond acceptors (Lipinski definition) is 5. The van der Waals surface area contributed by atoms with Gasteiger partial charge < -0.3 is 9.42 Å². The van der Waals surface area contributed by atoms with Gasteiger partial charge in [-0.1, -0.05) is 17.3 Å². The standard InChI is InChI=1S/C18H21N3O4/c1-10-15(11(2)25-19-10)7-16(22)20-8-12(9-20)21-17(23)13-5-3-4-6-14(13)18(21)24/h3-4,12-14H,5-9H2,1-2H3. The lowest BCUT2D eigenvalue weighted by Gasteiger charge is -2.43. The molecule has 2 fully saturated rings. The van der Waals surface area contributed by atoms with E-state index in [2.05, 4.69) is 5.16 Å². The minimum Gasteiger partial charge on any atom is -0.361 e. The van der Waals surface area contributed by atoms with Gasteiger partial charge in [0.05, 0.1) is 30.0 Å². The van der Waals surface area contributed by atoms with Crippen molar-refractivity contribution < 1.29 is 18.9 Å². The molecule has 0 radical (unpaired) electrons. The Morgan fingerprint density at radius 3 is 2.28 bits per heavy atom. The van der Waals surface area contributed by atoms with Gasteiger partial charge in [0.15, 0.2) is 0 Å². The Hall–Kier alpha value is -2.44. The molecule has 1 aromatic rings. The first-order chi connectivity index (χ1) is 12.0. The summed E-state index contributed by atoms with van der Waals surface area (Å²) in [5, 5.41) is 3.86. The SMILES string of the molecule is Cc1noc(C)c1CC(=O)N1CC(N2C(=O)C3CC=CCC3C2=O)C1. The maximum Gasteiger partial charge on any atom is 0.233 e. The molecule has 2 aliphatic heterocycles. The Labute approximate surface area is 145 Å². The number of nitrogens with zero attached hydrogens (tertiary/aromatic N) is 3. The predicted molar refractivity (Wildman–Crippen MR) is 87.3 cm³/mol. The minimum absolute atomic E-state index is 0.0242. The van der Waals surface area contributed by atoms with Gasteiger partial charge >= 0.3 is 0 Å². The van der Waals surface area contributed by atoms with Gasteiger partial charge in [-0.05, 0) is 26.7 Å². The topological polar surface area (TPSA) is 83.7 Å². The van der Waals surface area contributed by atoms with E-state index in [1.54, 1.807) is 11.8 Å². The van der Waals surface area contributed by atoms with Crippen molar-refractivity contribution in [3.05, 3.63) is 29.2 Å². The van der Waals surface area contributed by atoms with E-state index in [9.17, 15) is 14.4 Å². The van der Waals surface area contributed by atoms with Gasteiger partial charge in [0.25, 0.3) is 0 Å². The Morgan fingerprint density at radius 1 is 1.16 bits per heavy atom. The molecule has 2 atom stereocenters. The van der Waals surface area contributed by atoms with Crippen LogP contribution < -0.4 is 0 Å². The van der Waals surface area contributed by atoms with E-state index < -0.39 is 0 Å². The van der Waals surface area contributed by atoms with E-state index >= 15 is 0 Å². The monoisotopic (exact) mass is 343 g/mol. The van der Waals surface area contributed by atoms with Crippen molar-refractivity contribution in [2.24, 2.45) is 11.8 Å². The number of hydrogen-bond donors (Lipinski definition) is 0. The predicted octanol–water partition coefficient (Wildman–Crippen LogP) is 0.996. The van der Waals surface area contributed by atoms with Gasteiger partial charge in [0.2, 0.25) is 17.7 Å². The van der Waals surface area contributed by atoms with Crippen molar-refractivity contribution in [1.82, 2.24) is 15.0 Å². The Morgan fingerprint density at radius 2 is 1.76 bits per heavy atom. The molecule has 2 unspecified atom stereocenters. The number of aromatic nitrogens is 1. The van der Waals surface area contributed by atoms with Crippen LogP contribution >= 0.6 is 0 Å². The van der Waals surface area contributed by atoms with Crippen LogP contribution in [0.15, 0.2) is 16.7 Å². The summed E-state index contributed by atoms with van der Waals surface area (Å²) in [4.78, 5) is 40.6. The Bertz CT molecular complexity index is 730. The molecule has 0 bridgehead atoms. The Balaban J connectivity index is 1.38. The summed E-state index contributed by atoms with van der Waals surface area (Å²) in [5.41, 5.74) is 1.54. The summed E-state index contributed by atoms with van der Waals surface area (Å²) in [7, 11) is 0. The number of carbonyl (C=O) groups excluding carboxylic acids is 3. The molecule has 132 valence electrons. The van der Waals surface area contributed by atoms with E-state index in [4.69, 9.17) is 4.52 Å². The van der Waals surface area contributed by atoms with Gasteiger partial charge in [0, 0.05) is 18.7 Å². The first-order valence-corrected chi connectivity index (χ1v) is 8.68. The summed E-state index contributed by atoms with van der Waals surface area (Å²) in [5.74, 6) is 0.0895. The van der Waals surface area contributed by atoms with E-state index in [0.717, 1.165) is 11.3 Å². The fourth-order valence-corrected chi connectivity index (χ4v) is 4.03. The molecular formula is C18H21N3O4. The molecule has 7 nitrogen and oxygen atoms in total. The lowest BCUT2D eigenvalue weighted by molar-refractivity contribution is -0.152. The normalized spacial score (nSPS) is 26.2. The van der Waals surface area contributed by atoms with Crippen molar-refractivity contribution in [2.45, 2.75) is 39.2 Å². The number of amides is 3. The van der Waals surface area contributed by atoms with Crippen LogP contribution in [-0.4, -0.2) is 51.8 Å². The zero-order valence-corrected chi connectivity index (χ0v) is 14.4. The maximum atomic E-state index is 12.6. The molecule has 0 saturated carbocycles. The number of likely N-dealkylation sites (tertiary alicyclic amines) is 2. The first-order valence-electron chi connectivity index (χ1n) is 8.68. The number of imide groups is 1. The Kier molecular flexibility index (Phi) is 3.74. The van der Waals surface area contributed by atoms with E-state index in [-0.39, 0.29) is 42.0 Å². The molecule has 3 amide bonds. The third-order valence-electron chi connectivity index (χ3n) is 5.63. The van der Waals surface area contributed by atoms with Crippen molar-refractivity contribution in [2.75, 3.05) is 13.1 Å². The van der Waals surface area contributed by atoms with Crippen molar-refractivity contribution >= 4 is 17.7 Å². The molecule has 1 aromatic heterocycles. The third-order valence-corrected chi connectivity index (χ3v) is 5.63. The molecule has 3 heterocycles. The van der Waals surface area contributed by atoms with Crippen LogP contribution in [-0.2, 0) is 20.8 Å². The molecule has 2 saturated heterocycles. The third kappa shape index (κ3) is 2.49. The molecule has 4 rings (SSSR count). The molecule has 0 aromatic carbocycles. The van der Waals surface area contributed by atoms with Crippen LogP contribution in [0, 0.1) is 25.7 Å². The van der Waals surface area contributed by atoms with Crippen LogP contribution in [0.2, 0.25) is 0 Å². The second-order valence-corrected chi connectivity index (χ2v) is 7.13. The average Bonchev–Trinajstić information content (AvgIpc) is 3.00. The number of rotatable bonds is 3. The summed E-state index contributed by atoms with van der Waals surface area (Å²) in [6.45, 7) is 4.45. The first kappa shape index (κ1) is 16.1. The molecule has 7 heteroatoms. The van der Waals surface area contributed by atoms with Crippen molar-refractivity contribution in [1.29, 1.82) is 0 Å². The quantitative estimate of drug-likeness (QED) is 0.604. The highest BCUT2D eigenvalue weighted by Gasteiger charge is 2.52. The summed E-state index contributed by atoms with van der Waals surface area (Å²) in [6, 6.07) is -0.181. The van der Waals surface area contributed by atoms with Gasteiger partial charge in [-0.3, -0.25) is 19.3 Å². The second kappa shape index (κ2) is 5.82. The van der Waals surface area contributed by atoms with E-state index in [1.807, 2.05) is 19.1 Å². The van der Waals surface area contributed by atoms with Crippen LogP contribution in [0.5, 0.6) is 0 Å².